The Morgan fingerprint density at radius 1 is 1.50 bits per heavy atom. The van der Waals surface area contributed by atoms with Gasteiger partial charge in [0, 0.05) is 0 Å². The molecule has 0 nitrogen and oxygen atoms in total. The first-order chi connectivity index (χ1) is 3.62. The van der Waals surface area contributed by atoms with Gasteiger partial charge in [-0.25, -0.2) is 0 Å². The van der Waals surface area contributed by atoms with Crippen molar-refractivity contribution < 1.29 is 0 Å². The second-order valence-corrected chi connectivity index (χ2v) is 3.18. The van der Waals surface area contributed by atoms with E-state index >= 15 is 0 Å². The minimum atomic E-state index is 0.331. The molecule has 46 valence electrons. The monoisotopic (exact) mass is 128 g/mol. The van der Waals surface area contributed by atoms with Gasteiger partial charge in [-0.3, -0.25) is 0 Å². The van der Waals surface area contributed by atoms with Gasteiger partial charge in [-0.05, 0) is 11.2 Å². The molecule has 0 aliphatic rings. The summed E-state index contributed by atoms with van der Waals surface area (Å²) in [5.41, 5.74) is 0.331. The SMILES string of the molecule is [B]CCC(C)(C)CS. The lowest BCUT2D eigenvalue weighted by molar-refractivity contribution is 0.409. The Balaban J connectivity index is 3.37. The summed E-state index contributed by atoms with van der Waals surface area (Å²) in [6.45, 7) is 4.35. The van der Waals surface area contributed by atoms with E-state index in [4.69, 9.17) is 7.85 Å². The predicted octanol–water partition coefficient (Wildman–Crippen LogP) is 1.92. The van der Waals surface area contributed by atoms with Gasteiger partial charge in [0.05, 0.1) is 7.85 Å². The van der Waals surface area contributed by atoms with Crippen LogP contribution in [0.4, 0.5) is 0 Å². The first-order valence-corrected chi connectivity index (χ1v) is 3.56. The molecule has 2 heteroatoms. The second-order valence-electron chi connectivity index (χ2n) is 2.86. The van der Waals surface area contributed by atoms with Crippen LogP contribution in [0.15, 0.2) is 0 Å². The van der Waals surface area contributed by atoms with E-state index in [1.54, 1.807) is 0 Å². The topological polar surface area (TPSA) is 0 Å². The smallest absolute Gasteiger partial charge is 0.0653 e. The predicted molar refractivity (Wildman–Crippen MR) is 42.8 cm³/mol. The minimum absolute atomic E-state index is 0.331. The fraction of sp³-hybridized carbons (Fsp3) is 1.00. The van der Waals surface area contributed by atoms with Crippen LogP contribution in [0.1, 0.15) is 20.3 Å². The molecule has 0 bridgehead atoms. The molecule has 0 aliphatic carbocycles. The van der Waals surface area contributed by atoms with Crippen LogP contribution in [0.2, 0.25) is 6.32 Å². The summed E-state index contributed by atoms with van der Waals surface area (Å²) < 4.78 is 0. The summed E-state index contributed by atoms with van der Waals surface area (Å²) in [7, 11) is 5.36. The molecule has 0 aromatic rings. The zero-order valence-electron chi connectivity index (χ0n) is 5.65. The molecule has 0 unspecified atom stereocenters. The highest BCUT2D eigenvalue weighted by molar-refractivity contribution is 7.80. The molecule has 0 saturated heterocycles. The molecule has 0 aromatic carbocycles. The second kappa shape index (κ2) is 3.44. The van der Waals surface area contributed by atoms with Crippen molar-refractivity contribution in [3.63, 3.8) is 0 Å². The van der Waals surface area contributed by atoms with Crippen molar-refractivity contribution in [2.45, 2.75) is 26.6 Å². The largest absolute Gasteiger partial charge is 0.179 e. The molecule has 0 rings (SSSR count). The number of hydrogen-bond acceptors (Lipinski definition) is 1. The number of thiol groups is 1. The van der Waals surface area contributed by atoms with Gasteiger partial charge in [0.15, 0.2) is 0 Å². The lowest BCUT2D eigenvalue weighted by Crippen LogP contribution is -2.12. The lowest BCUT2D eigenvalue weighted by Gasteiger charge is -2.20. The third-order valence-electron chi connectivity index (χ3n) is 1.25. The van der Waals surface area contributed by atoms with Crippen LogP contribution in [-0.2, 0) is 0 Å². The maximum Gasteiger partial charge on any atom is 0.0653 e. The van der Waals surface area contributed by atoms with E-state index in [0.717, 1.165) is 18.5 Å². The Morgan fingerprint density at radius 3 is 2.12 bits per heavy atom. The summed E-state index contributed by atoms with van der Waals surface area (Å²) >= 11 is 4.18. The third kappa shape index (κ3) is 3.42. The Morgan fingerprint density at radius 2 is 2.00 bits per heavy atom. The maximum absolute atomic E-state index is 5.36. The van der Waals surface area contributed by atoms with Crippen molar-refractivity contribution in [1.29, 1.82) is 0 Å². The van der Waals surface area contributed by atoms with Gasteiger partial charge in [0.1, 0.15) is 0 Å². The summed E-state index contributed by atoms with van der Waals surface area (Å²) in [6, 6.07) is 0. The number of hydrogen-bond donors (Lipinski definition) is 1. The quantitative estimate of drug-likeness (QED) is 0.435. The minimum Gasteiger partial charge on any atom is -0.179 e. The van der Waals surface area contributed by atoms with Crippen molar-refractivity contribution >= 4 is 20.5 Å². The average Bonchev–Trinajstić information content (AvgIpc) is 1.67. The summed E-state index contributed by atoms with van der Waals surface area (Å²) in [5.74, 6) is 0.921. The van der Waals surface area contributed by atoms with Gasteiger partial charge in [-0.2, -0.15) is 12.6 Å². The molecule has 0 aromatic heterocycles. The summed E-state index contributed by atoms with van der Waals surface area (Å²) in [5, 5.41) is 0. The Labute approximate surface area is 58.9 Å². The van der Waals surface area contributed by atoms with Crippen molar-refractivity contribution in [2.75, 3.05) is 5.75 Å². The summed E-state index contributed by atoms with van der Waals surface area (Å²) in [4.78, 5) is 0. The Hall–Kier alpha value is 0.415. The highest BCUT2D eigenvalue weighted by Crippen LogP contribution is 2.22. The van der Waals surface area contributed by atoms with Gasteiger partial charge in [-0.1, -0.05) is 26.6 Å². The fourth-order valence-electron chi connectivity index (χ4n) is 0.470. The molecule has 0 amide bonds. The van der Waals surface area contributed by atoms with E-state index in [1.807, 2.05) is 0 Å². The molecule has 0 aliphatic heterocycles. The van der Waals surface area contributed by atoms with Crippen LogP contribution in [0.25, 0.3) is 0 Å². The van der Waals surface area contributed by atoms with E-state index in [-0.39, 0.29) is 0 Å². The first-order valence-electron chi connectivity index (χ1n) is 2.93. The van der Waals surface area contributed by atoms with Crippen molar-refractivity contribution in [3.8, 4) is 0 Å². The van der Waals surface area contributed by atoms with Crippen LogP contribution in [0, 0.1) is 5.41 Å². The van der Waals surface area contributed by atoms with Gasteiger partial charge in [0.2, 0.25) is 0 Å². The van der Waals surface area contributed by atoms with Gasteiger partial charge in [-0.15, -0.1) is 0 Å². The number of rotatable bonds is 3. The van der Waals surface area contributed by atoms with E-state index in [0.29, 0.717) is 5.41 Å². The highest BCUT2D eigenvalue weighted by atomic mass is 32.1. The molecule has 0 heterocycles. The van der Waals surface area contributed by atoms with Crippen LogP contribution < -0.4 is 0 Å². The molecule has 0 N–H and O–H groups in total. The van der Waals surface area contributed by atoms with Crippen LogP contribution >= 0.6 is 12.6 Å². The van der Waals surface area contributed by atoms with Crippen LogP contribution in [0.5, 0.6) is 0 Å². The van der Waals surface area contributed by atoms with Gasteiger partial charge >= 0.3 is 0 Å². The molecule has 2 radical (unpaired) electrons. The van der Waals surface area contributed by atoms with E-state index in [1.165, 1.54) is 0 Å². The van der Waals surface area contributed by atoms with E-state index < -0.39 is 0 Å². The van der Waals surface area contributed by atoms with Crippen LogP contribution in [0.3, 0.4) is 0 Å². The standard InChI is InChI=1S/C6H13BS/c1-6(2,5-8)3-4-7/h8H,3-5H2,1-2H3. The van der Waals surface area contributed by atoms with Crippen molar-refractivity contribution in [3.05, 3.63) is 0 Å². The summed E-state index contributed by atoms with van der Waals surface area (Å²) in [6.07, 6.45) is 1.84. The van der Waals surface area contributed by atoms with Gasteiger partial charge in [0.25, 0.3) is 0 Å². The van der Waals surface area contributed by atoms with Crippen LogP contribution in [-0.4, -0.2) is 13.6 Å². The third-order valence-corrected chi connectivity index (χ3v) is 2.11. The molecule has 0 fully saturated rings. The fourth-order valence-corrected chi connectivity index (χ4v) is 0.628. The first kappa shape index (κ1) is 8.41. The van der Waals surface area contributed by atoms with E-state index in [2.05, 4.69) is 26.5 Å². The van der Waals surface area contributed by atoms with E-state index in [9.17, 15) is 0 Å². The highest BCUT2D eigenvalue weighted by Gasteiger charge is 2.12. The Bertz CT molecular complexity index is 61.5. The Kier molecular flexibility index (Phi) is 3.62. The molecule has 8 heavy (non-hydrogen) atoms. The maximum atomic E-state index is 5.36. The average molecular weight is 128 g/mol. The molecule has 0 atom stereocenters. The normalized spacial score (nSPS) is 11.9. The molecule has 0 spiro atoms. The van der Waals surface area contributed by atoms with Crippen molar-refractivity contribution in [1.82, 2.24) is 0 Å². The zero-order chi connectivity index (χ0) is 6.62. The zero-order valence-corrected chi connectivity index (χ0v) is 6.54. The van der Waals surface area contributed by atoms with Crippen molar-refractivity contribution in [2.24, 2.45) is 5.41 Å². The molecular formula is C6H13BS. The lowest BCUT2D eigenvalue weighted by atomic mass is 9.84. The molecule has 0 saturated carbocycles. The molecular weight excluding hydrogens is 115 g/mol. The van der Waals surface area contributed by atoms with Gasteiger partial charge < -0.3 is 0 Å².